The normalized spacial score (nSPS) is 20.7. The second kappa shape index (κ2) is 42.4. The van der Waals surface area contributed by atoms with Gasteiger partial charge in [-0.1, -0.05) is 217 Å². The molecule has 1 aliphatic heterocycles. The summed E-state index contributed by atoms with van der Waals surface area (Å²) in [6.45, 7) is 3.73. The van der Waals surface area contributed by atoms with Gasteiger partial charge < -0.3 is 40.3 Å². The Morgan fingerprint density at radius 3 is 1.38 bits per heavy atom. The van der Waals surface area contributed by atoms with Gasteiger partial charge in [-0.05, 0) is 44.9 Å². The van der Waals surface area contributed by atoms with Gasteiger partial charge in [0.15, 0.2) is 6.29 Å². The van der Waals surface area contributed by atoms with Crippen LogP contribution in [0.25, 0.3) is 0 Å². The van der Waals surface area contributed by atoms with Crippen molar-refractivity contribution in [3.05, 3.63) is 36.5 Å². The number of allylic oxidation sites excluding steroid dienone is 5. The zero-order chi connectivity index (χ0) is 44.4. The molecule has 0 aromatic carbocycles. The third-order valence-corrected chi connectivity index (χ3v) is 12.2. The topological polar surface area (TPSA) is 149 Å². The van der Waals surface area contributed by atoms with E-state index in [1.54, 1.807) is 6.08 Å². The summed E-state index contributed by atoms with van der Waals surface area (Å²) >= 11 is 0. The number of rotatable bonds is 43. The van der Waals surface area contributed by atoms with Crippen LogP contribution < -0.4 is 5.32 Å². The van der Waals surface area contributed by atoms with Crippen LogP contribution in [0.1, 0.15) is 232 Å². The summed E-state index contributed by atoms with van der Waals surface area (Å²) < 4.78 is 11.2. The summed E-state index contributed by atoms with van der Waals surface area (Å²) in [5.74, 6) is -0.194. The lowest BCUT2D eigenvalue weighted by molar-refractivity contribution is -0.302. The molecule has 1 rings (SSSR count). The smallest absolute Gasteiger partial charge is 0.220 e. The molecule has 0 aliphatic carbocycles. The van der Waals surface area contributed by atoms with Gasteiger partial charge >= 0.3 is 0 Å². The molecule has 1 aliphatic rings. The number of ether oxygens (including phenoxy) is 2. The fourth-order valence-electron chi connectivity index (χ4n) is 8.07. The van der Waals surface area contributed by atoms with Crippen molar-refractivity contribution in [2.45, 2.75) is 275 Å². The Hall–Kier alpha value is -1.59. The second-order valence-corrected chi connectivity index (χ2v) is 18.0. The molecule has 9 nitrogen and oxygen atoms in total. The van der Waals surface area contributed by atoms with Gasteiger partial charge in [0.05, 0.1) is 25.4 Å². The van der Waals surface area contributed by atoms with Crippen LogP contribution in [-0.4, -0.2) is 87.5 Å². The third kappa shape index (κ3) is 32.7. The van der Waals surface area contributed by atoms with Crippen LogP contribution in [0.15, 0.2) is 36.5 Å². The van der Waals surface area contributed by atoms with Crippen LogP contribution in [-0.2, 0) is 14.3 Å². The Kier molecular flexibility index (Phi) is 39.9. The van der Waals surface area contributed by atoms with Crippen LogP contribution >= 0.6 is 0 Å². The number of aliphatic hydroxyl groups excluding tert-OH is 5. The first-order chi connectivity index (χ1) is 29.8. The van der Waals surface area contributed by atoms with Gasteiger partial charge in [-0.3, -0.25) is 4.79 Å². The first kappa shape index (κ1) is 57.4. The molecule has 61 heavy (non-hydrogen) atoms. The molecule has 0 spiro atoms. The largest absolute Gasteiger partial charge is 0.394 e. The maximum absolute atomic E-state index is 12.9. The highest BCUT2D eigenvalue weighted by Gasteiger charge is 2.44. The van der Waals surface area contributed by atoms with E-state index in [0.717, 1.165) is 44.9 Å². The van der Waals surface area contributed by atoms with Crippen molar-refractivity contribution in [3.8, 4) is 0 Å². The molecule has 9 heteroatoms. The van der Waals surface area contributed by atoms with Crippen LogP contribution in [0.5, 0.6) is 0 Å². The van der Waals surface area contributed by atoms with E-state index >= 15 is 0 Å². The minimum atomic E-state index is -1.57. The maximum Gasteiger partial charge on any atom is 0.220 e. The number of hydrogen-bond donors (Lipinski definition) is 6. The quantitative estimate of drug-likeness (QED) is 0.0262. The van der Waals surface area contributed by atoms with E-state index in [0.29, 0.717) is 6.42 Å². The van der Waals surface area contributed by atoms with Gasteiger partial charge in [-0.15, -0.1) is 0 Å². The first-order valence-electron chi connectivity index (χ1n) is 25.7. The summed E-state index contributed by atoms with van der Waals surface area (Å²) in [5.41, 5.74) is 0. The Labute approximate surface area is 374 Å². The minimum Gasteiger partial charge on any atom is -0.394 e. The summed E-state index contributed by atoms with van der Waals surface area (Å²) in [6.07, 6.45) is 46.6. The lowest BCUT2D eigenvalue weighted by Crippen LogP contribution is -2.60. The third-order valence-electron chi connectivity index (χ3n) is 12.2. The van der Waals surface area contributed by atoms with E-state index in [4.69, 9.17) is 9.47 Å². The highest BCUT2D eigenvalue weighted by atomic mass is 16.7. The van der Waals surface area contributed by atoms with Crippen LogP contribution in [0.4, 0.5) is 0 Å². The lowest BCUT2D eigenvalue weighted by atomic mass is 9.99. The Balaban J connectivity index is 2.21. The van der Waals surface area contributed by atoms with Crippen molar-refractivity contribution in [1.29, 1.82) is 0 Å². The van der Waals surface area contributed by atoms with Crippen LogP contribution in [0.3, 0.4) is 0 Å². The number of aliphatic hydroxyl groups is 5. The zero-order valence-electron chi connectivity index (χ0n) is 39.4. The van der Waals surface area contributed by atoms with E-state index in [2.05, 4.69) is 43.5 Å². The summed E-state index contributed by atoms with van der Waals surface area (Å²) in [7, 11) is 0. The molecule has 6 N–H and O–H groups in total. The molecule has 0 bridgehead atoms. The highest BCUT2D eigenvalue weighted by molar-refractivity contribution is 5.76. The van der Waals surface area contributed by atoms with E-state index in [9.17, 15) is 30.3 Å². The molecule has 7 atom stereocenters. The number of unbranched alkanes of at least 4 members (excludes halogenated alkanes) is 29. The number of carbonyl (C=O) groups is 1. The summed E-state index contributed by atoms with van der Waals surface area (Å²) in [4.78, 5) is 12.9. The molecule has 358 valence electrons. The molecule has 1 amide bonds. The van der Waals surface area contributed by atoms with Crippen molar-refractivity contribution in [2.75, 3.05) is 13.2 Å². The molecule has 0 radical (unpaired) electrons. The van der Waals surface area contributed by atoms with Crippen molar-refractivity contribution in [1.82, 2.24) is 5.32 Å². The summed E-state index contributed by atoms with van der Waals surface area (Å²) in [5, 5.41) is 54.1. The Morgan fingerprint density at radius 2 is 0.934 bits per heavy atom. The average molecular weight is 864 g/mol. The van der Waals surface area contributed by atoms with Crippen molar-refractivity contribution in [3.63, 3.8) is 0 Å². The van der Waals surface area contributed by atoms with Crippen molar-refractivity contribution < 1.29 is 39.8 Å². The Morgan fingerprint density at radius 1 is 0.541 bits per heavy atom. The summed E-state index contributed by atoms with van der Waals surface area (Å²) in [6, 6.07) is -0.823. The van der Waals surface area contributed by atoms with E-state index < -0.39 is 49.5 Å². The van der Waals surface area contributed by atoms with Gasteiger partial charge in [0.25, 0.3) is 0 Å². The number of amides is 1. The fraction of sp³-hybridized carbons (Fsp3) is 0.865. The molecule has 0 saturated carbocycles. The fourth-order valence-corrected chi connectivity index (χ4v) is 8.07. The highest BCUT2D eigenvalue weighted by Crippen LogP contribution is 2.23. The number of hydrogen-bond acceptors (Lipinski definition) is 8. The van der Waals surface area contributed by atoms with Gasteiger partial charge in [-0.2, -0.15) is 0 Å². The molecule has 7 unspecified atom stereocenters. The zero-order valence-corrected chi connectivity index (χ0v) is 39.4. The number of nitrogens with one attached hydrogen (secondary N) is 1. The van der Waals surface area contributed by atoms with Crippen molar-refractivity contribution >= 4 is 5.91 Å². The van der Waals surface area contributed by atoms with Gasteiger partial charge in [-0.25, -0.2) is 0 Å². The number of carbonyl (C=O) groups excluding carboxylic acids is 1. The standard InChI is InChI=1S/C52H97NO8/c1-3-5-7-9-11-13-14-15-16-17-18-19-20-21-22-23-24-25-26-27-28-29-30-31-32-34-35-37-39-41-46(55)45(44-60-52-51(59)50(58)49(57)47(43-54)61-52)53-48(56)42-40-38-36-33-12-10-8-6-4-2/h28-29,32,34,39,41,45-47,49-52,54-55,57-59H,3-27,30-31,33,35-38,40,42-44H2,1-2H3,(H,53,56)/b29-28+,34-32+,41-39+. The van der Waals surface area contributed by atoms with Crippen molar-refractivity contribution in [2.24, 2.45) is 0 Å². The first-order valence-corrected chi connectivity index (χ1v) is 25.7. The van der Waals surface area contributed by atoms with E-state index in [-0.39, 0.29) is 12.5 Å². The van der Waals surface area contributed by atoms with Crippen LogP contribution in [0.2, 0.25) is 0 Å². The van der Waals surface area contributed by atoms with E-state index in [1.807, 2.05) is 6.08 Å². The monoisotopic (exact) mass is 864 g/mol. The molecular formula is C52H97NO8. The SMILES string of the molecule is CCCCCCCCCCCCCCCCCCCCC/C=C/CC/C=C/CC/C=C/C(O)C(COC1OC(CO)C(O)C(O)C1O)NC(=O)CCCCCCCCCCC. The van der Waals surface area contributed by atoms with Crippen LogP contribution in [0, 0.1) is 0 Å². The Bertz CT molecular complexity index is 1050. The van der Waals surface area contributed by atoms with Gasteiger partial charge in [0, 0.05) is 6.42 Å². The van der Waals surface area contributed by atoms with Gasteiger partial charge in [0.1, 0.15) is 24.4 Å². The second-order valence-electron chi connectivity index (χ2n) is 18.0. The predicted molar refractivity (Wildman–Crippen MR) is 253 cm³/mol. The molecular weight excluding hydrogens is 767 g/mol. The molecule has 0 aromatic rings. The molecule has 1 saturated heterocycles. The molecule has 1 heterocycles. The lowest BCUT2D eigenvalue weighted by Gasteiger charge is -2.40. The molecule has 0 aromatic heterocycles. The molecule has 1 fully saturated rings. The maximum atomic E-state index is 12.9. The van der Waals surface area contributed by atoms with E-state index in [1.165, 1.54) is 167 Å². The predicted octanol–water partition coefficient (Wildman–Crippen LogP) is 11.6. The average Bonchev–Trinajstić information content (AvgIpc) is 3.26. The van der Waals surface area contributed by atoms with Gasteiger partial charge in [0.2, 0.25) is 5.91 Å². The minimum absolute atomic E-state index is 0.194.